The van der Waals surface area contributed by atoms with Crippen LogP contribution in [0.3, 0.4) is 0 Å². The number of hydrogen-bond acceptors (Lipinski definition) is 10. The van der Waals surface area contributed by atoms with Crippen molar-refractivity contribution in [1.29, 1.82) is 0 Å². The van der Waals surface area contributed by atoms with Crippen molar-refractivity contribution < 1.29 is 18.9 Å². The Balaban J connectivity index is 0.882. The Morgan fingerprint density at radius 2 is 0.432 bits per heavy atom. The van der Waals surface area contributed by atoms with Crippen molar-refractivity contribution in [2.75, 3.05) is 26.4 Å². The van der Waals surface area contributed by atoms with Crippen LogP contribution in [0, 0.1) is 0 Å². The van der Waals surface area contributed by atoms with Crippen LogP contribution in [0.25, 0.3) is 193 Å². The molecule has 0 fully saturated rings. The molecular formula is C118H120N10O4. The van der Waals surface area contributed by atoms with Gasteiger partial charge in [0.15, 0.2) is 0 Å². The van der Waals surface area contributed by atoms with E-state index >= 15 is 0 Å². The van der Waals surface area contributed by atoms with Crippen LogP contribution in [-0.4, -0.2) is 76.3 Å². The lowest BCUT2D eigenvalue weighted by Gasteiger charge is -2.14. The molecule has 132 heavy (non-hydrogen) atoms. The van der Waals surface area contributed by atoms with E-state index in [1.807, 2.05) is 49.1 Å². The Kier molecular flexibility index (Phi) is 29.3. The molecule has 18 rings (SSSR count). The number of H-pyrrole nitrogens is 4. The van der Waals surface area contributed by atoms with Crippen molar-refractivity contribution in [3.05, 3.63) is 289 Å². The molecule has 4 aliphatic rings. The van der Waals surface area contributed by atoms with Gasteiger partial charge in [-0.25, -0.2) is 19.9 Å². The summed E-state index contributed by atoms with van der Waals surface area (Å²) in [7, 11) is 0. The molecule has 6 aromatic carbocycles. The maximum absolute atomic E-state index is 6.86. The first kappa shape index (κ1) is 88.7. The van der Waals surface area contributed by atoms with Crippen LogP contribution in [-0.2, 0) is 0 Å². The second kappa shape index (κ2) is 43.6. The zero-order chi connectivity index (χ0) is 89.6. The van der Waals surface area contributed by atoms with Crippen LogP contribution in [0.5, 0.6) is 23.0 Å². The quantitative estimate of drug-likeness (QED) is 0.0270. The summed E-state index contributed by atoms with van der Waals surface area (Å²) in [5.41, 5.74) is 31.0. The minimum absolute atomic E-state index is 0.592. The average molecular weight is 1740 g/mol. The number of aromatic amines is 4. The number of aromatic nitrogens is 10. The van der Waals surface area contributed by atoms with Gasteiger partial charge in [0.2, 0.25) is 0 Å². The fourth-order valence-electron chi connectivity index (χ4n) is 18.5. The Hall–Kier alpha value is -14.0. The second-order valence-electron chi connectivity index (χ2n) is 35.3. The summed E-state index contributed by atoms with van der Waals surface area (Å²) in [6, 6.07) is 78.1. The molecule has 0 aliphatic carbocycles. The second-order valence-corrected chi connectivity index (χ2v) is 35.3. The zero-order valence-corrected chi connectivity index (χ0v) is 76.8. The number of pyridine rings is 2. The maximum atomic E-state index is 6.86. The molecule has 0 spiro atoms. The monoisotopic (exact) mass is 1740 g/mol. The number of unbranched alkanes of at least 4 members (excludes halogenated alkanes) is 20. The molecule has 8 aromatic heterocycles. The number of ether oxygens (including phenoxy) is 4. The molecule has 0 radical (unpaired) electrons. The molecule has 4 aliphatic heterocycles. The molecule has 14 nitrogen and oxygen atoms in total. The molecule has 0 saturated heterocycles. The van der Waals surface area contributed by atoms with Crippen LogP contribution in [0.1, 0.15) is 227 Å². The van der Waals surface area contributed by atoms with E-state index in [1.54, 1.807) is 0 Å². The van der Waals surface area contributed by atoms with Gasteiger partial charge in [-0.1, -0.05) is 253 Å². The van der Waals surface area contributed by atoms with Crippen LogP contribution >= 0.6 is 0 Å². The topological polar surface area (TPSA) is 177 Å². The van der Waals surface area contributed by atoms with Crippen molar-refractivity contribution in [3.8, 4) is 123 Å². The zero-order valence-electron chi connectivity index (χ0n) is 76.8. The van der Waals surface area contributed by atoms with E-state index in [1.165, 1.54) is 103 Å². The number of nitrogens with zero attached hydrogens (tertiary/aromatic N) is 6. The molecule has 16 bridgehead atoms. The highest BCUT2D eigenvalue weighted by molar-refractivity contribution is 6.05. The highest BCUT2D eigenvalue weighted by Gasteiger charge is 2.25. The van der Waals surface area contributed by atoms with Gasteiger partial charge in [-0.05, 0) is 250 Å². The molecule has 0 unspecified atom stereocenters. The average Bonchev–Trinajstić information content (AvgIpc) is 1.59. The van der Waals surface area contributed by atoms with Crippen molar-refractivity contribution in [2.24, 2.45) is 0 Å². The van der Waals surface area contributed by atoms with Gasteiger partial charge in [0.25, 0.3) is 0 Å². The molecule has 14 aromatic rings. The highest BCUT2D eigenvalue weighted by atomic mass is 16.5. The number of nitrogens with one attached hydrogen (secondary N) is 4. The Labute approximate surface area is 776 Å². The van der Waals surface area contributed by atoms with Gasteiger partial charge >= 0.3 is 0 Å². The highest BCUT2D eigenvalue weighted by Crippen LogP contribution is 2.45. The lowest BCUT2D eigenvalue weighted by atomic mass is 9.97. The molecular weight excluding hydrogens is 1620 g/mol. The smallest absolute Gasteiger partial charge is 0.123 e. The fourth-order valence-corrected chi connectivity index (χ4v) is 18.5. The molecule has 0 amide bonds. The van der Waals surface area contributed by atoms with Gasteiger partial charge in [-0.3, -0.25) is 9.97 Å². The first-order valence-electron chi connectivity index (χ1n) is 48.5. The first-order valence-corrected chi connectivity index (χ1v) is 48.5. The minimum Gasteiger partial charge on any atom is -0.493 e. The van der Waals surface area contributed by atoms with E-state index in [9.17, 15) is 0 Å². The third kappa shape index (κ3) is 21.7. The molecule has 666 valence electrons. The predicted octanol–water partition coefficient (Wildman–Crippen LogP) is 32.4. The lowest BCUT2D eigenvalue weighted by Crippen LogP contribution is -2.01. The minimum atomic E-state index is 0.592. The van der Waals surface area contributed by atoms with E-state index in [-0.39, 0.29) is 0 Å². The van der Waals surface area contributed by atoms with E-state index < -0.39 is 0 Å². The van der Waals surface area contributed by atoms with E-state index in [0.717, 1.165) is 264 Å². The summed E-state index contributed by atoms with van der Waals surface area (Å²) in [5.74, 6) is 3.02. The fraction of sp³-hybridized carbons (Fsp3) is 0.271. The van der Waals surface area contributed by atoms with E-state index in [0.29, 0.717) is 26.4 Å². The molecule has 0 saturated carbocycles. The number of rotatable bonds is 41. The number of fused-ring (bicyclic) bond motifs is 16. The molecule has 14 heteroatoms. The van der Waals surface area contributed by atoms with Crippen LogP contribution in [0.2, 0.25) is 0 Å². The normalized spacial score (nSPS) is 12.1. The van der Waals surface area contributed by atoms with Crippen LogP contribution in [0.4, 0.5) is 0 Å². The third-order valence-corrected chi connectivity index (χ3v) is 25.6. The van der Waals surface area contributed by atoms with Gasteiger partial charge in [0.05, 0.1) is 72.0 Å². The summed E-state index contributed by atoms with van der Waals surface area (Å²) >= 11 is 0. The number of hydrogen-bond donors (Lipinski definition) is 4. The van der Waals surface area contributed by atoms with Crippen molar-refractivity contribution in [1.82, 2.24) is 49.8 Å². The van der Waals surface area contributed by atoms with E-state index in [2.05, 4.69) is 300 Å². The van der Waals surface area contributed by atoms with Gasteiger partial charge in [0, 0.05) is 114 Å². The summed E-state index contributed by atoms with van der Waals surface area (Å²) in [4.78, 5) is 47.9. The number of benzene rings is 6. The molecule has 0 atom stereocenters. The Bertz CT molecular complexity index is 6330. The van der Waals surface area contributed by atoms with Gasteiger partial charge in [-0.2, -0.15) is 0 Å². The van der Waals surface area contributed by atoms with Crippen molar-refractivity contribution in [2.45, 2.75) is 182 Å². The van der Waals surface area contributed by atoms with Crippen LogP contribution in [0.15, 0.2) is 243 Å². The van der Waals surface area contributed by atoms with E-state index in [4.69, 9.17) is 38.9 Å². The largest absolute Gasteiger partial charge is 0.493 e. The SMILES string of the molecule is CCCCCCCCOc1cc(OCCCCCCCC)cc(-c2c3nc(cc4ccc([nH]4)c(-c4ccc(-c5ccc(-c6ccncc6)cc5)cc4)c4nc(c(-c5c6nc(c(-c7ccc(-c8ccc(-c9ccncc9)cc8)cc7)c7ccc(cc8nc(c(-c9cc(OCCCCCCCC)cc(OCCCCCCCC)c9)c9ccc5[nH]9)C=C8)[nH]7)C=C6)c5ccc2[nH]5)C=C4)C=C3)c1. The summed E-state index contributed by atoms with van der Waals surface area (Å²) in [5, 5.41) is 0. The van der Waals surface area contributed by atoms with Crippen molar-refractivity contribution in [3.63, 3.8) is 0 Å². The van der Waals surface area contributed by atoms with Gasteiger partial charge < -0.3 is 38.9 Å². The lowest BCUT2D eigenvalue weighted by molar-refractivity contribution is 0.289. The Morgan fingerprint density at radius 3 is 0.742 bits per heavy atom. The molecule has 12 heterocycles. The Morgan fingerprint density at radius 1 is 0.197 bits per heavy atom. The summed E-state index contributed by atoms with van der Waals surface area (Å²) in [6.45, 7) is 11.4. The van der Waals surface area contributed by atoms with Gasteiger partial charge in [-0.15, -0.1) is 0 Å². The molecule has 4 N–H and O–H groups in total. The van der Waals surface area contributed by atoms with Gasteiger partial charge in [0.1, 0.15) is 23.0 Å². The standard InChI is InChI=1S/C118H120N10O4/c1-5-9-13-17-21-25-69-129-97-73-91(74-98(79-97)130-70-26-22-18-14-10-6-2)115-103-51-47-95(123-103)77-93-45-49-101(121-93)113(89-41-37-83(38-42-89)81-29-33-85(34-30-81)87-61-65-119-66-62-87)105-53-57-109(125-105)117(111-59-55-107(115)127-111)118-110-58-54-106(126-110)114(90-43-39-84(40-44-90)82-31-35-86(36-32-82)88-63-67-120-68-64-88)102-50-46-94(122-102)78-96-48-52-104(124-96)116(108-56-60-112(118)128-108)92-75-99(131-71-27-23-19-15-11-7-3)80-100(76-92)132-72-28-24-20-16-12-8-4/h29-68,73-80,121-122,127-128H,5-28,69-72H2,1-4H3. The summed E-state index contributed by atoms with van der Waals surface area (Å²) in [6.07, 6.45) is 52.4. The first-order chi connectivity index (χ1) is 65.2. The van der Waals surface area contributed by atoms with Crippen LogP contribution < -0.4 is 18.9 Å². The summed E-state index contributed by atoms with van der Waals surface area (Å²) < 4.78 is 27.5. The van der Waals surface area contributed by atoms with Crippen molar-refractivity contribution >= 4 is 92.7 Å². The maximum Gasteiger partial charge on any atom is 0.123 e. The third-order valence-electron chi connectivity index (χ3n) is 25.6. The predicted molar refractivity (Wildman–Crippen MR) is 551 cm³/mol.